The van der Waals surface area contributed by atoms with E-state index in [4.69, 9.17) is 0 Å². The highest BCUT2D eigenvalue weighted by atomic mass is 31.1. The van der Waals surface area contributed by atoms with Crippen molar-refractivity contribution in [1.82, 2.24) is 0 Å². The van der Waals surface area contributed by atoms with Crippen LogP contribution >= 0.6 is 15.8 Å². The van der Waals surface area contributed by atoms with Crippen LogP contribution in [0.15, 0.2) is 121 Å². The lowest BCUT2D eigenvalue weighted by atomic mass is 9.99. The highest BCUT2D eigenvalue weighted by Crippen LogP contribution is 2.53. The third-order valence-corrected chi connectivity index (χ3v) is 12.3. The fourth-order valence-corrected chi connectivity index (χ4v) is 11.3. The fraction of sp³-hybridized carbons (Fsp3) is 0.200. The average molecular weight is 453 g/mol. The Morgan fingerprint density at radius 2 is 0.688 bits per heavy atom. The summed E-state index contributed by atoms with van der Waals surface area (Å²) in [5.41, 5.74) is 1.48. The Hall–Kier alpha value is -2.26. The monoisotopic (exact) mass is 452 g/mol. The summed E-state index contributed by atoms with van der Waals surface area (Å²) in [7, 11) is -0.696. The molecule has 0 bridgehead atoms. The smallest absolute Gasteiger partial charge is 0.0123 e. The SMILES string of the molecule is c1ccc(P(c2ccccc2)C2CCCC(P(c3ccccc3)c3ccccc3)C2)cc1. The molecule has 2 atom stereocenters. The number of rotatable bonds is 6. The molecule has 0 saturated heterocycles. The third-order valence-electron chi connectivity index (χ3n) is 6.49. The van der Waals surface area contributed by atoms with Crippen molar-refractivity contribution < 1.29 is 0 Å². The van der Waals surface area contributed by atoms with E-state index in [0.717, 1.165) is 11.3 Å². The van der Waals surface area contributed by atoms with E-state index in [1.807, 2.05) is 0 Å². The molecule has 0 radical (unpaired) electrons. The highest BCUT2D eigenvalue weighted by molar-refractivity contribution is 7.74. The van der Waals surface area contributed by atoms with Crippen molar-refractivity contribution >= 4 is 37.1 Å². The lowest BCUT2D eigenvalue weighted by molar-refractivity contribution is 0.522. The topological polar surface area (TPSA) is 0 Å². The summed E-state index contributed by atoms with van der Waals surface area (Å²) >= 11 is 0. The van der Waals surface area contributed by atoms with E-state index in [1.54, 1.807) is 0 Å². The van der Waals surface area contributed by atoms with E-state index in [0.29, 0.717) is 0 Å². The molecule has 1 fully saturated rings. The first-order chi connectivity index (χ1) is 15.9. The molecule has 5 rings (SSSR count). The fourth-order valence-electron chi connectivity index (χ4n) is 5.10. The second kappa shape index (κ2) is 10.6. The van der Waals surface area contributed by atoms with Gasteiger partial charge in [0.2, 0.25) is 0 Å². The normalized spacial score (nSPS) is 18.7. The van der Waals surface area contributed by atoms with Crippen LogP contribution in [0.4, 0.5) is 0 Å². The highest BCUT2D eigenvalue weighted by Gasteiger charge is 2.34. The molecule has 2 heteroatoms. The quantitative estimate of drug-likeness (QED) is 0.291. The van der Waals surface area contributed by atoms with E-state index < -0.39 is 0 Å². The predicted octanol–water partition coefficient (Wildman–Crippen LogP) is 6.56. The Labute approximate surface area is 195 Å². The van der Waals surface area contributed by atoms with Crippen molar-refractivity contribution in [3.63, 3.8) is 0 Å². The van der Waals surface area contributed by atoms with Gasteiger partial charge in [0.05, 0.1) is 0 Å². The van der Waals surface area contributed by atoms with Crippen LogP contribution in [0.2, 0.25) is 0 Å². The molecule has 0 aromatic heterocycles. The maximum Gasteiger partial charge on any atom is -0.0123 e. The van der Waals surface area contributed by atoms with Crippen LogP contribution in [0.3, 0.4) is 0 Å². The molecule has 4 aromatic rings. The summed E-state index contributed by atoms with van der Waals surface area (Å²) < 4.78 is 0. The molecule has 0 aliphatic heterocycles. The van der Waals surface area contributed by atoms with Crippen LogP contribution in [0.1, 0.15) is 25.7 Å². The summed E-state index contributed by atoms with van der Waals surface area (Å²) in [5.74, 6) is 0. The maximum absolute atomic E-state index is 2.36. The molecular formula is C30H30P2. The number of benzene rings is 4. The molecule has 160 valence electrons. The molecule has 0 amide bonds. The van der Waals surface area contributed by atoms with Gasteiger partial charge in [-0.05, 0) is 67.6 Å². The van der Waals surface area contributed by atoms with Crippen LogP contribution in [-0.4, -0.2) is 11.3 Å². The first kappa shape index (κ1) is 21.6. The first-order valence-electron chi connectivity index (χ1n) is 11.7. The van der Waals surface area contributed by atoms with Gasteiger partial charge in [0.1, 0.15) is 0 Å². The maximum atomic E-state index is 2.36. The molecule has 0 nitrogen and oxygen atoms in total. The van der Waals surface area contributed by atoms with Crippen molar-refractivity contribution in [3.8, 4) is 0 Å². The molecule has 32 heavy (non-hydrogen) atoms. The number of hydrogen-bond donors (Lipinski definition) is 0. The Morgan fingerprint density at radius 1 is 0.406 bits per heavy atom. The standard InChI is InChI=1S/C30H30P2/c1-5-14-25(15-6-1)31(26-16-7-2-8-17-26)29-22-13-23-30(24-29)32(27-18-9-3-10-19-27)28-20-11-4-12-21-28/h1-12,14-21,29-30H,13,22-24H2. The van der Waals surface area contributed by atoms with E-state index in [-0.39, 0.29) is 15.8 Å². The van der Waals surface area contributed by atoms with E-state index in [1.165, 1.54) is 46.9 Å². The Morgan fingerprint density at radius 3 is 0.969 bits per heavy atom. The zero-order chi connectivity index (χ0) is 21.6. The Bertz CT molecular complexity index is 913. The van der Waals surface area contributed by atoms with E-state index >= 15 is 0 Å². The second-order valence-corrected chi connectivity index (χ2v) is 13.6. The largest absolute Gasteiger partial charge is 0.0622 e. The minimum atomic E-state index is -0.348. The van der Waals surface area contributed by atoms with Gasteiger partial charge >= 0.3 is 0 Å². The third kappa shape index (κ3) is 4.88. The summed E-state index contributed by atoms with van der Waals surface area (Å²) in [6, 6.07) is 45.2. The second-order valence-electron chi connectivity index (χ2n) is 8.56. The van der Waals surface area contributed by atoms with Crippen molar-refractivity contribution in [1.29, 1.82) is 0 Å². The predicted molar refractivity (Wildman–Crippen MR) is 144 cm³/mol. The number of hydrogen-bond acceptors (Lipinski definition) is 0. The van der Waals surface area contributed by atoms with Crippen molar-refractivity contribution in [3.05, 3.63) is 121 Å². The lowest BCUT2D eigenvalue weighted by Gasteiger charge is -2.39. The molecule has 0 spiro atoms. The summed E-state index contributed by atoms with van der Waals surface area (Å²) in [6.45, 7) is 0. The molecule has 1 aliphatic carbocycles. The average Bonchev–Trinajstić information content (AvgIpc) is 2.87. The minimum Gasteiger partial charge on any atom is -0.0622 e. The van der Waals surface area contributed by atoms with Crippen molar-refractivity contribution in [2.45, 2.75) is 37.0 Å². The first-order valence-corrected chi connectivity index (χ1v) is 14.5. The molecule has 1 aliphatic rings. The zero-order valence-corrected chi connectivity index (χ0v) is 20.2. The van der Waals surface area contributed by atoms with Gasteiger partial charge in [-0.2, -0.15) is 0 Å². The van der Waals surface area contributed by atoms with Gasteiger partial charge in [-0.3, -0.25) is 0 Å². The van der Waals surface area contributed by atoms with Gasteiger partial charge < -0.3 is 0 Å². The Kier molecular flexibility index (Phi) is 7.13. The van der Waals surface area contributed by atoms with Crippen LogP contribution in [-0.2, 0) is 0 Å². The van der Waals surface area contributed by atoms with Crippen LogP contribution < -0.4 is 21.2 Å². The molecule has 1 saturated carbocycles. The van der Waals surface area contributed by atoms with Gasteiger partial charge in [0, 0.05) is 0 Å². The molecule has 0 N–H and O–H groups in total. The summed E-state index contributed by atoms with van der Waals surface area (Å²) in [5, 5.41) is 6.12. The van der Waals surface area contributed by atoms with E-state index in [9.17, 15) is 0 Å². The lowest BCUT2D eigenvalue weighted by Crippen LogP contribution is -2.32. The van der Waals surface area contributed by atoms with Gasteiger partial charge in [-0.25, -0.2) is 0 Å². The van der Waals surface area contributed by atoms with Crippen LogP contribution in [0.25, 0.3) is 0 Å². The van der Waals surface area contributed by atoms with Gasteiger partial charge in [0.15, 0.2) is 0 Å². The van der Waals surface area contributed by atoms with E-state index in [2.05, 4.69) is 121 Å². The minimum absolute atomic E-state index is 0.348. The molecular weight excluding hydrogens is 422 g/mol. The zero-order valence-electron chi connectivity index (χ0n) is 18.4. The van der Waals surface area contributed by atoms with Gasteiger partial charge in [-0.1, -0.05) is 128 Å². The van der Waals surface area contributed by atoms with Crippen molar-refractivity contribution in [2.24, 2.45) is 0 Å². The molecule has 2 unspecified atom stereocenters. The van der Waals surface area contributed by atoms with Crippen LogP contribution in [0, 0.1) is 0 Å². The van der Waals surface area contributed by atoms with Crippen LogP contribution in [0.5, 0.6) is 0 Å². The van der Waals surface area contributed by atoms with Crippen molar-refractivity contribution in [2.75, 3.05) is 0 Å². The molecule has 4 aromatic carbocycles. The Balaban J connectivity index is 1.50. The summed E-state index contributed by atoms with van der Waals surface area (Å²) in [4.78, 5) is 0. The van der Waals surface area contributed by atoms with Gasteiger partial charge in [0.25, 0.3) is 0 Å². The molecule has 0 heterocycles. The summed E-state index contributed by atoms with van der Waals surface area (Å²) in [6.07, 6.45) is 5.36. The van der Waals surface area contributed by atoms with Gasteiger partial charge in [-0.15, -0.1) is 0 Å².